The Morgan fingerprint density at radius 2 is 1.67 bits per heavy atom. The molecule has 0 saturated heterocycles. The highest BCUT2D eigenvalue weighted by Gasteiger charge is 2.27. The first-order valence-electron chi connectivity index (χ1n) is 8.44. The third-order valence-corrected chi connectivity index (χ3v) is 3.34. The van der Waals surface area contributed by atoms with Crippen LogP contribution in [0.2, 0.25) is 0 Å². The molecule has 0 aliphatic heterocycles. The molecule has 0 saturated carbocycles. The second-order valence-electron chi connectivity index (χ2n) is 6.46. The average Bonchev–Trinajstić information content (AvgIpc) is 2.56. The van der Waals surface area contributed by atoms with E-state index >= 15 is 0 Å². The molecular weight excluding hydrogens is 357 g/mol. The zero-order valence-corrected chi connectivity index (χ0v) is 15.7. The number of ether oxygens (including phenoxy) is 1. The number of amides is 4. The lowest BCUT2D eigenvalue weighted by Gasteiger charge is -2.21. The van der Waals surface area contributed by atoms with E-state index in [9.17, 15) is 23.6 Å². The largest absolute Gasteiger partial charge is 0.454 e. The number of carbonyl (C=O) groups is 4. The van der Waals surface area contributed by atoms with E-state index in [1.165, 1.54) is 18.2 Å². The molecule has 8 nitrogen and oxygen atoms in total. The van der Waals surface area contributed by atoms with Crippen LogP contribution in [0.1, 0.15) is 38.1 Å². The predicted molar refractivity (Wildman–Crippen MR) is 95.3 cm³/mol. The Labute approximate surface area is 156 Å². The lowest BCUT2D eigenvalue weighted by molar-refractivity contribution is -0.151. The van der Waals surface area contributed by atoms with Gasteiger partial charge in [-0.05, 0) is 31.9 Å². The summed E-state index contributed by atoms with van der Waals surface area (Å²) in [6, 6.07) is 3.38. The molecule has 1 aromatic rings. The van der Waals surface area contributed by atoms with Crippen molar-refractivity contribution in [2.45, 2.75) is 39.8 Å². The van der Waals surface area contributed by atoms with Crippen LogP contribution in [0.3, 0.4) is 0 Å². The molecule has 0 spiro atoms. The van der Waals surface area contributed by atoms with Crippen LogP contribution in [0.25, 0.3) is 0 Å². The standard InChI is InChI=1S/C18H24FN3O5/c1-10(2)15(22-16(24)12-7-5-6-8-13(12)19)17(25)27-9-14(23)21-18(26)20-11(3)4/h5-8,10-11,15H,9H2,1-4H3,(H,22,24)(H2,20,21,23,26)/t15-/m0/s1. The van der Waals surface area contributed by atoms with Crippen molar-refractivity contribution in [3.63, 3.8) is 0 Å². The third kappa shape index (κ3) is 7.43. The van der Waals surface area contributed by atoms with Crippen molar-refractivity contribution in [2.24, 2.45) is 5.92 Å². The van der Waals surface area contributed by atoms with E-state index in [-0.39, 0.29) is 17.5 Å². The number of imide groups is 1. The normalized spacial score (nSPS) is 11.7. The molecule has 0 aliphatic rings. The van der Waals surface area contributed by atoms with Crippen molar-refractivity contribution in [2.75, 3.05) is 6.61 Å². The van der Waals surface area contributed by atoms with Crippen LogP contribution in [0.15, 0.2) is 24.3 Å². The van der Waals surface area contributed by atoms with Crippen LogP contribution >= 0.6 is 0 Å². The van der Waals surface area contributed by atoms with Gasteiger partial charge in [-0.2, -0.15) is 0 Å². The smallest absolute Gasteiger partial charge is 0.329 e. The summed E-state index contributed by atoms with van der Waals surface area (Å²) in [6.07, 6.45) is 0. The molecule has 4 amide bonds. The van der Waals surface area contributed by atoms with Gasteiger partial charge in [-0.1, -0.05) is 26.0 Å². The van der Waals surface area contributed by atoms with E-state index < -0.39 is 42.3 Å². The summed E-state index contributed by atoms with van der Waals surface area (Å²) >= 11 is 0. The SMILES string of the molecule is CC(C)NC(=O)NC(=O)COC(=O)[C@@H](NC(=O)c1ccccc1F)C(C)C. The maximum Gasteiger partial charge on any atom is 0.329 e. The lowest BCUT2D eigenvalue weighted by Crippen LogP contribution is -2.47. The molecule has 0 radical (unpaired) electrons. The van der Waals surface area contributed by atoms with Crippen LogP contribution in [0, 0.1) is 11.7 Å². The summed E-state index contributed by atoms with van der Waals surface area (Å²) in [4.78, 5) is 47.4. The molecule has 0 bridgehead atoms. The number of hydrogen-bond acceptors (Lipinski definition) is 5. The highest BCUT2D eigenvalue weighted by molar-refractivity contribution is 5.98. The number of esters is 1. The zero-order chi connectivity index (χ0) is 20.6. The van der Waals surface area contributed by atoms with Gasteiger partial charge in [0.25, 0.3) is 11.8 Å². The minimum atomic E-state index is -1.09. The van der Waals surface area contributed by atoms with Crippen LogP contribution in [-0.4, -0.2) is 42.5 Å². The summed E-state index contributed by atoms with van der Waals surface area (Å²) in [5.41, 5.74) is -0.209. The van der Waals surface area contributed by atoms with Gasteiger partial charge in [0.2, 0.25) is 0 Å². The number of carbonyl (C=O) groups excluding carboxylic acids is 4. The number of halogens is 1. The van der Waals surface area contributed by atoms with Gasteiger partial charge in [0.05, 0.1) is 5.56 Å². The molecule has 27 heavy (non-hydrogen) atoms. The van der Waals surface area contributed by atoms with Gasteiger partial charge >= 0.3 is 12.0 Å². The number of urea groups is 1. The topological polar surface area (TPSA) is 114 Å². The van der Waals surface area contributed by atoms with Crippen LogP contribution in [-0.2, 0) is 14.3 Å². The minimum absolute atomic E-state index is 0.167. The van der Waals surface area contributed by atoms with E-state index in [1.54, 1.807) is 27.7 Å². The summed E-state index contributed by atoms with van der Waals surface area (Å²) in [5.74, 6) is -3.55. The first-order valence-corrected chi connectivity index (χ1v) is 8.44. The van der Waals surface area contributed by atoms with Gasteiger partial charge in [0.1, 0.15) is 11.9 Å². The van der Waals surface area contributed by atoms with Gasteiger partial charge in [0, 0.05) is 6.04 Å². The number of benzene rings is 1. The maximum atomic E-state index is 13.7. The first-order chi connectivity index (χ1) is 12.6. The Bertz CT molecular complexity index is 706. The molecular formula is C18H24FN3O5. The quantitative estimate of drug-likeness (QED) is 0.617. The Hall–Kier alpha value is -2.97. The average molecular weight is 381 g/mol. The summed E-state index contributed by atoms with van der Waals surface area (Å²) in [6.45, 7) is 6.06. The maximum absolute atomic E-state index is 13.7. The Kier molecular flexibility index (Phi) is 8.37. The monoisotopic (exact) mass is 381 g/mol. The summed E-state index contributed by atoms with van der Waals surface area (Å²) in [5, 5.41) is 6.85. The van der Waals surface area contributed by atoms with Gasteiger partial charge in [-0.3, -0.25) is 14.9 Å². The van der Waals surface area contributed by atoms with Crippen LogP contribution in [0.5, 0.6) is 0 Å². The Morgan fingerprint density at radius 3 is 2.22 bits per heavy atom. The van der Waals surface area contributed by atoms with Gasteiger partial charge in [-0.25, -0.2) is 14.0 Å². The molecule has 0 unspecified atom stereocenters. The van der Waals surface area contributed by atoms with Crippen molar-refractivity contribution in [1.82, 2.24) is 16.0 Å². The second kappa shape index (κ2) is 10.2. The van der Waals surface area contributed by atoms with Gasteiger partial charge in [-0.15, -0.1) is 0 Å². The fourth-order valence-corrected chi connectivity index (χ4v) is 2.05. The van der Waals surface area contributed by atoms with Crippen molar-refractivity contribution in [3.05, 3.63) is 35.6 Å². The van der Waals surface area contributed by atoms with E-state index in [1.807, 2.05) is 5.32 Å². The van der Waals surface area contributed by atoms with Crippen molar-refractivity contribution in [1.29, 1.82) is 0 Å². The highest BCUT2D eigenvalue weighted by Crippen LogP contribution is 2.09. The first kappa shape index (κ1) is 22.1. The number of nitrogens with one attached hydrogen (secondary N) is 3. The van der Waals surface area contributed by atoms with Crippen LogP contribution < -0.4 is 16.0 Å². The predicted octanol–water partition coefficient (Wildman–Crippen LogP) is 1.36. The van der Waals surface area contributed by atoms with E-state index in [2.05, 4.69) is 10.6 Å². The molecule has 0 aliphatic carbocycles. The van der Waals surface area contributed by atoms with Crippen molar-refractivity contribution >= 4 is 23.8 Å². The fraction of sp³-hybridized carbons (Fsp3) is 0.444. The van der Waals surface area contributed by atoms with Gasteiger partial charge in [0.15, 0.2) is 6.61 Å². The lowest BCUT2D eigenvalue weighted by atomic mass is 10.0. The van der Waals surface area contributed by atoms with E-state index in [4.69, 9.17) is 4.74 Å². The molecule has 1 atom stereocenters. The summed E-state index contributed by atoms with van der Waals surface area (Å²) in [7, 11) is 0. The van der Waals surface area contributed by atoms with E-state index in [0.29, 0.717) is 0 Å². The third-order valence-electron chi connectivity index (χ3n) is 3.34. The molecule has 9 heteroatoms. The van der Waals surface area contributed by atoms with Crippen molar-refractivity contribution < 1.29 is 28.3 Å². The minimum Gasteiger partial charge on any atom is -0.454 e. The van der Waals surface area contributed by atoms with Crippen molar-refractivity contribution in [3.8, 4) is 0 Å². The molecule has 0 fully saturated rings. The molecule has 0 heterocycles. The molecule has 0 aromatic heterocycles. The summed E-state index contributed by atoms with van der Waals surface area (Å²) < 4.78 is 18.6. The van der Waals surface area contributed by atoms with Crippen LogP contribution in [0.4, 0.5) is 9.18 Å². The number of rotatable bonds is 7. The Balaban J connectivity index is 2.63. The molecule has 1 aromatic carbocycles. The Morgan fingerprint density at radius 1 is 1.04 bits per heavy atom. The second-order valence-corrected chi connectivity index (χ2v) is 6.46. The zero-order valence-electron chi connectivity index (χ0n) is 15.7. The highest BCUT2D eigenvalue weighted by atomic mass is 19.1. The number of hydrogen-bond donors (Lipinski definition) is 3. The van der Waals surface area contributed by atoms with E-state index in [0.717, 1.165) is 6.07 Å². The van der Waals surface area contributed by atoms with Gasteiger partial charge < -0.3 is 15.4 Å². The molecule has 148 valence electrons. The molecule has 1 rings (SSSR count). The fourth-order valence-electron chi connectivity index (χ4n) is 2.05. The molecule has 3 N–H and O–H groups in total.